The molecular weight excluding hydrogens is 153 g/mol. The number of benzene rings is 1. The number of halogens is 1. The summed E-state index contributed by atoms with van der Waals surface area (Å²) in [6.07, 6.45) is 3.01. The highest BCUT2D eigenvalue weighted by Crippen LogP contribution is 2.10. The van der Waals surface area contributed by atoms with E-state index in [1.807, 2.05) is 6.07 Å². The largest absolute Gasteiger partial charge is 0.207 e. The summed E-state index contributed by atoms with van der Waals surface area (Å²) in [4.78, 5) is 0. The van der Waals surface area contributed by atoms with E-state index >= 15 is 0 Å². The third kappa shape index (κ3) is 1.93. The molecule has 0 aliphatic rings. The van der Waals surface area contributed by atoms with Crippen LogP contribution in [0.1, 0.15) is 11.1 Å². The van der Waals surface area contributed by atoms with Gasteiger partial charge in [0.05, 0.1) is 6.07 Å². The summed E-state index contributed by atoms with van der Waals surface area (Å²) in [5.74, 6) is -0.218. The minimum Gasteiger partial charge on any atom is -0.207 e. The van der Waals surface area contributed by atoms with E-state index in [9.17, 15) is 4.39 Å². The Morgan fingerprint density at radius 3 is 2.83 bits per heavy atom. The maximum atomic E-state index is 12.7. The zero-order valence-corrected chi connectivity index (χ0v) is 6.71. The lowest BCUT2D eigenvalue weighted by Crippen LogP contribution is -1.81. The van der Waals surface area contributed by atoms with Crippen molar-refractivity contribution in [3.63, 3.8) is 0 Å². The third-order valence-electron chi connectivity index (χ3n) is 1.53. The molecule has 0 saturated carbocycles. The molecule has 0 fully saturated rings. The topological polar surface area (TPSA) is 23.8 Å². The van der Waals surface area contributed by atoms with Gasteiger partial charge in [0.1, 0.15) is 5.82 Å². The molecule has 0 saturated heterocycles. The van der Waals surface area contributed by atoms with Crippen LogP contribution in [0.4, 0.5) is 4.39 Å². The number of hydrogen-bond donors (Lipinski definition) is 0. The van der Waals surface area contributed by atoms with Gasteiger partial charge in [-0.05, 0) is 36.3 Å². The molecule has 0 radical (unpaired) electrons. The fourth-order valence-electron chi connectivity index (χ4n) is 0.905. The smallest absolute Gasteiger partial charge is 0.126 e. The van der Waals surface area contributed by atoms with Crippen LogP contribution >= 0.6 is 0 Å². The van der Waals surface area contributed by atoms with Crippen LogP contribution in [0.3, 0.4) is 0 Å². The predicted octanol–water partition coefficient (Wildman–Crippen LogP) is 2.67. The molecule has 12 heavy (non-hydrogen) atoms. The first-order valence-corrected chi connectivity index (χ1v) is 3.56. The number of nitriles is 1. The Balaban J connectivity index is 2.99. The lowest BCUT2D eigenvalue weighted by atomic mass is 10.1. The summed E-state index contributed by atoms with van der Waals surface area (Å²) in [6.45, 7) is 1.69. The molecule has 0 aromatic heterocycles. The van der Waals surface area contributed by atoms with Gasteiger partial charge in [0.25, 0.3) is 0 Å². The summed E-state index contributed by atoms with van der Waals surface area (Å²) in [7, 11) is 0. The SMILES string of the molecule is Cc1cc(C=CC#N)ccc1F. The highest BCUT2D eigenvalue weighted by atomic mass is 19.1. The molecule has 0 unspecified atom stereocenters. The highest BCUT2D eigenvalue weighted by Gasteiger charge is 1.95. The summed E-state index contributed by atoms with van der Waals surface area (Å²) in [6, 6.07) is 6.60. The van der Waals surface area contributed by atoms with Gasteiger partial charge < -0.3 is 0 Å². The standard InChI is InChI=1S/C10H8FN/c1-8-7-9(3-2-6-12)4-5-10(8)11/h2-5,7H,1H3. The van der Waals surface area contributed by atoms with E-state index in [0.717, 1.165) is 5.56 Å². The van der Waals surface area contributed by atoms with Crippen LogP contribution in [-0.2, 0) is 0 Å². The van der Waals surface area contributed by atoms with E-state index in [4.69, 9.17) is 5.26 Å². The minimum atomic E-state index is -0.218. The van der Waals surface area contributed by atoms with Crippen LogP contribution in [0.15, 0.2) is 24.3 Å². The molecule has 0 atom stereocenters. The van der Waals surface area contributed by atoms with Gasteiger partial charge in [0.2, 0.25) is 0 Å². The fourth-order valence-corrected chi connectivity index (χ4v) is 0.905. The Morgan fingerprint density at radius 1 is 1.50 bits per heavy atom. The van der Waals surface area contributed by atoms with E-state index in [1.54, 1.807) is 25.1 Å². The average Bonchev–Trinajstić information content (AvgIpc) is 2.07. The molecule has 1 aromatic rings. The molecule has 0 N–H and O–H groups in total. The zero-order chi connectivity index (χ0) is 8.97. The molecule has 0 spiro atoms. The third-order valence-corrected chi connectivity index (χ3v) is 1.53. The van der Waals surface area contributed by atoms with Crippen LogP contribution < -0.4 is 0 Å². The first kappa shape index (κ1) is 8.48. The highest BCUT2D eigenvalue weighted by molar-refractivity contribution is 5.52. The summed E-state index contributed by atoms with van der Waals surface area (Å²) < 4.78 is 12.7. The molecule has 2 heteroatoms. The molecule has 1 nitrogen and oxygen atoms in total. The average molecular weight is 161 g/mol. The Hall–Kier alpha value is -1.62. The Morgan fingerprint density at radius 2 is 2.25 bits per heavy atom. The molecule has 0 amide bonds. The summed E-state index contributed by atoms with van der Waals surface area (Å²) >= 11 is 0. The molecule has 60 valence electrons. The normalized spacial score (nSPS) is 10.1. The van der Waals surface area contributed by atoms with Gasteiger partial charge in [0.15, 0.2) is 0 Å². The van der Waals surface area contributed by atoms with Crippen molar-refractivity contribution in [3.8, 4) is 6.07 Å². The van der Waals surface area contributed by atoms with Crippen molar-refractivity contribution in [2.75, 3.05) is 0 Å². The van der Waals surface area contributed by atoms with Gasteiger partial charge in [-0.25, -0.2) is 4.39 Å². The fraction of sp³-hybridized carbons (Fsp3) is 0.100. The van der Waals surface area contributed by atoms with Crippen molar-refractivity contribution in [3.05, 3.63) is 41.2 Å². The van der Waals surface area contributed by atoms with Crippen molar-refractivity contribution in [2.45, 2.75) is 6.92 Å². The van der Waals surface area contributed by atoms with Crippen LogP contribution in [0.5, 0.6) is 0 Å². The molecule has 0 aliphatic heterocycles. The van der Waals surface area contributed by atoms with Gasteiger partial charge in [-0.1, -0.05) is 6.07 Å². The number of rotatable bonds is 1. The second-order valence-corrected chi connectivity index (χ2v) is 2.47. The van der Waals surface area contributed by atoms with Crippen LogP contribution in [0.2, 0.25) is 0 Å². The van der Waals surface area contributed by atoms with Gasteiger partial charge in [0, 0.05) is 6.08 Å². The van der Waals surface area contributed by atoms with Gasteiger partial charge in [-0.3, -0.25) is 0 Å². The molecule has 0 bridgehead atoms. The van der Waals surface area contributed by atoms with E-state index < -0.39 is 0 Å². The lowest BCUT2D eigenvalue weighted by molar-refractivity contribution is 0.618. The van der Waals surface area contributed by atoms with Gasteiger partial charge >= 0.3 is 0 Å². The number of aryl methyl sites for hydroxylation is 1. The number of allylic oxidation sites excluding steroid dienone is 1. The van der Waals surface area contributed by atoms with E-state index in [-0.39, 0.29) is 5.82 Å². The zero-order valence-electron chi connectivity index (χ0n) is 6.71. The quantitative estimate of drug-likeness (QED) is 0.581. The van der Waals surface area contributed by atoms with Crippen molar-refractivity contribution >= 4 is 6.08 Å². The summed E-state index contributed by atoms with van der Waals surface area (Å²) in [5.41, 5.74) is 1.44. The molecule has 0 aliphatic carbocycles. The molecular formula is C10H8FN. The van der Waals surface area contributed by atoms with Crippen LogP contribution in [0.25, 0.3) is 6.08 Å². The monoisotopic (exact) mass is 161 g/mol. The van der Waals surface area contributed by atoms with Crippen LogP contribution in [-0.4, -0.2) is 0 Å². The predicted molar refractivity (Wildman–Crippen MR) is 45.8 cm³/mol. The lowest BCUT2D eigenvalue weighted by Gasteiger charge is -1.96. The van der Waals surface area contributed by atoms with Crippen molar-refractivity contribution < 1.29 is 4.39 Å². The maximum Gasteiger partial charge on any atom is 0.126 e. The van der Waals surface area contributed by atoms with Gasteiger partial charge in [-0.2, -0.15) is 5.26 Å². The minimum absolute atomic E-state index is 0.218. The van der Waals surface area contributed by atoms with Crippen molar-refractivity contribution in [1.82, 2.24) is 0 Å². The number of hydrogen-bond acceptors (Lipinski definition) is 1. The van der Waals surface area contributed by atoms with Crippen LogP contribution in [0, 0.1) is 24.1 Å². The van der Waals surface area contributed by atoms with Gasteiger partial charge in [-0.15, -0.1) is 0 Å². The summed E-state index contributed by atoms with van der Waals surface area (Å²) in [5, 5.41) is 8.24. The Kier molecular flexibility index (Phi) is 2.60. The molecule has 1 aromatic carbocycles. The van der Waals surface area contributed by atoms with E-state index in [0.29, 0.717) is 5.56 Å². The van der Waals surface area contributed by atoms with E-state index in [2.05, 4.69) is 0 Å². The first-order valence-electron chi connectivity index (χ1n) is 3.56. The first-order chi connectivity index (χ1) is 5.74. The Labute approximate surface area is 70.8 Å². The molecule has 0 heterocycles. The maximum absolute atomic E-state index is 12.7. The van der Waals surface area contributed by atoms with Crippen molar-refractivity contribution in [2.24, 2.45) is 0 Å². The second kappa shape index (κ2) is 3.68. The Bertz CT molecular complexity index is 347. The van der Waals surface area contributed by atoms with E-state index in [1.165, 1.54) is 12.1 Å². The van der Waals surface area contributed by atoms with Crippen molar-refractivity contribution in [1.29, 1.82) is 5.26 Å². The second-order valence-electron chi connectivity index (χ2n) is 2.47. The molecule has 1 rings (SSSR count). The number of nitrogens with zero attached hydrogens (tertiary/aromatic N) is 1.